The Balaban J connectivity index is 1.93. The van der Waals surface area contributed by atoms with Crippen LogP contribution in [0.15, 0.2) is 48.5 Å². The van der Waals surface area contributed by atoms with Crippen molar-refractivity contribution in [2.75, 3.05) is 16.9 Å². The maximum absolute atomic E-state index is 13.7. The molecule has 0 N–H and O–H groups in total. The van der Waals surface area contributed by atoms with Crippen LogP contribution in [0.5, 0.6) is 5.75 Å². The molecule has 0 aliphatic carbocycles. The van der Waals surface area contributed by atoms with Gasteiger partial charge in [-0.3, -0.25) is 19.3 Å². The van der Waals surface area contributed by atoms with E-state index < -0.39 is 10.1 Å². The fraction of sp³-hybridized carbons (Fsp3) is 0.286. The molecule has 1 spiro atoms. The second-order valence-corrected chi connectivity index (χ2v) is 8.21. The topological polar surface area (TPSA) is 66.9 Å². The Bertz CT molecular complexity index is 975. The van der Waals surface area contributed by atoms with Gasteiger partial charge in [-0.25, -0.2) is 4.90 Å². The summed E-state index contributed by atoms with van der Waals surface area (Å²) in [5.41, 5.74) is 1.81. The molecule has 2 aliphatic heterocycles. The Hall–Kier alpha value is -2.80. The van der Waals surface area contributed by atoms with E-state index in [0.29, 0.717) is 22.7 Å². The smallest absolute Gasteiger partial charge is 0.275 e. The van der Waals surface area contributed by atoms with Gasteiger partial charge < -0.3 is 4.74 Å². The Labute approximate surface area is 167 Å². The molecule has 7 heteroatoms. The summed E-state index contributed by atoms with van der Waals surface area (Å²) in [6, 6.07) is 14.2. The van der Waals surface area contributed by atoms with Gasteiger partial charge in [0.15, 0.2) is 0 Å². The maximum atomic E-state index is 13.7. The fourth-order valence-electron chi connectivity index (χ4n) is 3.80. The first-order chi connectivity index (χ1) is 13.5. The molecule has 2 atom stereocenters. The van der Waals surface area contributed by atoms with Crippen LogP contribution in [0.2, 0.25) is 0 Å². The summed E-state index contributed by atoms with van der Waals surface area (Å²) in [6.07, 6.45) is 0.201. The number of hydrogen-bond donors (Lipinski definition) is 0. The number of anilines is 2. The van der Waals surface area contributed by atoms with Crippen LogP contribution in [0.3, 0.4) is 0 Å². The van der Waals surface area contributed by atoms with E-state index in [2.05, 4.69) is 0 Å². The summed E-state index contributed by atoms with van der Waals surface area (Å²) >= 11 is 1.28. The van der Waals surface area contributed by atoms with Gasteiger partial charge in [0.1, 0.15) is 5.75 Å². The molecule has 1 fully saturated rings. The second-order valence-electron chi connectivity index (χ2n) is 6.68. The molecule has 0 bridgehead atoms. The molecule has 0 radical (unpaired) electrons. The molecule has 0 saturated carbocycles. The molecule has 3 amide bonds. The number of carbonyl (C=O) groups is 3. The lowest BCUT2D eigenvalue weighted by Gasteiger charge is -2.33. The van der Waals surface area contributed by atoms with E-state index in [1.54, 1.807) is 57.4 Å². The maximum Gasteiger partial charge on any atom is 0.275 e. The van der Waals surface area contributed by atoms with Crippen molar-refractivity contribution >= 4 is 40.9 Å². The third-order valence-corrected chi connectivity index (χ3v) is 6.59. The lowest BCUT2D eigenvalue weighted by molar-refractivity contribution is -0.128. The van der Waals surface area contributed by atoms with Gasteiger partial charge in [-0.15, -0.1) is 11.8 Å². The van der Waals surface area contributed by atoms with Crippen LogP contribution in [0.4, 0.5) is 11.4 Å². The van der Waals surface area contributed by atoms with Crippen LogP contribution in [0.1, 0.15) is 25.8 Å². The summed E-state index contributed by atoms with van der Waals surface area (Å²) in [7, 11) is 1.57. The van der Waals surface area contributed by atoms with Crippen molar-refractivity contribution in [1.82, 2.24) is 0 Å². The number of imide groups is 1. The molecule has 0 aromatic heterocycles. The number of para-hydroxylation sites is 1. The lowest BCUT2D eigenvalue weighted by Crippen LogP contribution is -2.51. The average Bonchev–Trinajstić information content (AvgIpc) is 3.13. The molecule has 0 unspecified atom stereocenters. The van der Waals surface area contributed by atoms with E-state index in [1.807, 2.05) is 12.1 Å². The lowest BCUT2D eigenvalue weighted by atomic mass is 10.0. The van der Waals surface area contributed by atoms with Gasteiger partial charge in [0.2, 0.25) is 16.7 Å². The molecule has 28 heavy (non-hydrogen) atoms. The van der Waals surface area contributed by atoms with E-state index in [-0.39, 0.29) is 24.1 Å². The van der Waals surface area contributed by atoms with Crippen molar-refractivity contribution in [3.8, 4) is 5.75 Å². The number of fused-ring (bicyclic) bond motifs is 2. The van der Waals surface area contributed by atoms with E-state index in [1.165, 1.54) is 21.6 Å². The normalized spacial score (nSPS) is 23.5. The van der Waals surface area contributed by atoms with Crippen molar-refractivity contribution in [3.05, 3.63) is 54.1 Å². The first-order valence-corrected chi connectivity index (χ1v) is 9.96. The molecule has 6 nitrogen and oxygen atoms in total. The fourth-order valence-corrected chi connectivity index (χ4v) is 5.31. The van der Waals surface area contributed by atoms with Crippen LogP contribution < -0.4 is 14.5 Å². The molecule has 2 heterocycles. The SMILES string of the molecule is CCC(=O)N1C(=O)[C@@]2(S[C@@H](C)C(=O)N2c2ccc(OC)cc2)c2ccccc21. The van der Waals surface area contributed by atoms with Crippen molar-refractivity contribution in [2.24, 2.45) is 0 Å². The van der Waals surface area contributed by atoms with Gasteiger partial charge in [-0.05, 0) is 37.3 Å². The van der Waals surface area contributed by atoms with E-state index >= 15 is 0 Å². The minimum absolute atomic E-state index is 0.163. The van der Waals surface area contributed by atoms with Crippen LogP contribution in [0, 0.1) is 0 Å². The van der Waals surface area contributed by atoms with Crippen LogP contribution in [-0.2, 0) is 19.3 Å². The Kier molecular flexibility index (Phi) is 4.42. The van der Waals surface area contributed by atoms with Crippen LogP contribution >= 0.6 is 11.8 Å². The summed E-state index contributed by atoms with van der Waals surface area (Å²) < 4.78 is 5.21. The average molecular weight is 396 g/mol. The molecule has 144 valence electrons. The summed E-state index contributed by atoms with van der Waals surface area (Å²) in [5.74, 6) is -0.175. The number of methoxy groups -OCH3 is 1. The molecule has 2 aromatic carbocycles. The number of hydrogen-bond acceptors (Lipinski definition) is 5. The van der Waals surface area contributed by atoms with Gasteiger partial charge in [-0.1, -0.05) is 25.1 Å². The number of amides is 3. The highest BCUT2D eigenvalue weighted by Gasteiger charge is 2.64. The zero-order valence-electron chi connectivity index (χ0n) is 15.8. The zero-order chi connectivity index (χ0) is 20.1. The van der Waals surface area contributed by atoms with E-state index in [4.69, 9.17) is 4.74 Å². The molecule has 2 aromatic rings. The number of thioether (sulfide) groups is 1. The largest absolute Gasteiger partial charge is 0.497 e. The predicted octanol–water partition coefficient (Wildman–Crippen LogP) is 3.30. The van der Waals surface area contributed by atoms with E-state index in [9.17, 15) is 14.4 Å². The number of ether oxygens (including phenoxy) is 1. The highest BCUT2D eigenvalue weighted by Crippen LogP contribution is 2.57. The van der Waals surface area contributed by atoms with Gasteiger partial charge in [0.05, 0.1) is 18.0 Å². The van der Waals surface area contributed by atoms with Crippen molar-refractivity contribution < 1.29 is 19.1 Å². The molecule has 4 rings (SSSR count). The molecular weight excluding hydrogens is 376 g/mol. The van der Waals surface area contributed by atoms with Gasteiger partial charge in [0.25, 0.3) is 5.91 Å². The number of nitrogens with zero attached hydrogens (tertiary/aromatic N) is 2. The number of rotatable bonds is 3. The molecule has 1 saturated heterocycles. The minimum Gasteiger partial charge on any atom is -0.497 e. The van der Waals surface area contributed by atoms with Crippen molar-refractivity contribution in [1.29, 1.82) is 0 Å². The predicted molar refractivity (Wildman–Crippen MR) is 108 cm³/mol. The van der Waals surface area contributed by atoms with Crippen molar-refractivity contribution in [2.45, 2.75) is 30.4 Å². The van der Waals surface area contributed by atoms with E-state index in [0.717, 1.165) is 0 Å². The Morgan fingerprint density at radius 2 is 1.82 bits per heavy atom. The Morgan fingerprint density at radius 3 is 2.46 bits per heavy atom. The van der Waals surface area contributed by atoms with Crippen LogP contribution in [0.25, 0.3) is 0 Å². The van der Waals surface area contributed by atoms with Crippen molar-refractivity contribution in [3.63, 3.8) is 0 Å². The van der Waals surface area contributed by atoms with Gasteiger partial charge in [0, 0.05) is 17.7 Å². The number of carbonyl (C=O) groups excluding carboxylic acids is 3. The first-order valence-electron chi connectivity index (χ1n) is 9.08. The summed E-state index contributed by atoms with van der Waals surface area (Å²) in [6.45, 7) is 3.51. The highest BCUT2D eigenvalue weighted by atomic mass is 32.2. The van der Waals surface area contributed by atoms with Crippen LogP contribution in [-0.4, -0.2) is 30.1 Å². The first kappa shape index (κ1) is 18.6. The molecular formula is C21H20N2O4S. The quantitative estimate of drug-likeness (QED) is 0.796. The summed E-state index contributed by atoms with van der Waals surface area (Å²) in [5, 5.41) is -0.421. The Morgan fingerprint density at radius 1 is 1.14 bits per heavy atom. The van der Waals surface area contributed by atoms with Gasteiger partial charge >= 0.3 is 0 Å². The third kappa shape index (κ3) is 2.39. The molecule has 2 aliphatic rings. The summed E-state index contributed by atoms with van der Waals surface area (Å²) in [4.78, 5) is 40.9. The number of benzene rings is 2. The minimum atomic E-state index is -1.29. The highest BCUT2D eigenvalue weighted by molar-refractivity contribution is 8.03. The third-order valence-electron chi connectivity index (χ3n) is 5.12. The standard InChI is InChI=1S/C21H20N2O4S/c1-4-18(24)22-17-8-6-5-7-16(17)21(20(22)26)23(19(25)13(2)28-21)14-9-11-15(27-3)12-10-14/h5-13H,4H2,1-3H3/t13-,21-/m0/s1. The zero-order valence-corrected chi connectivity index (χ0v) is 16.7. The monoisotopic (exact) mass is 396 g/mol. The second kappa shape index (κ2) is 6.67. The van der Waals surface area contributed by atoms with Gasteiger partial charge in [-0.2, -0.15) is 0 Å².